The molecule has 140 valence electrons. The molecule has 0 aliphatic heterocycles. The quantitative estimate of drug-likeness (QED) is 0.477. The predicted octanol–water partition coefficient (Wildman–Crippen LogP) is 4.58. The molecule has 1 aliphatic rings. The molecule has 1 aromatic heterocycles. The molecule has 1 heterocycles. The number of thioether (sulfide) groups is 1. The van der Waals surface area contributed by atoms with Crippen molar-refractivity contribution in [2.24, 2.45) is 0 Å². The lowest BCUT2D eigenvalue weighted by molar-refractivity contribution is -0.145. The lowest BCUT2D eigenvalue weighted by Crippen LogP contribution is -2.35. The molecule has 0 spiro atoms. The van der Waals surface area contributed by atoms with E-state index in [2.05, 4.69) is 15.3 Å². The zero-order valence-electron chi connectivity index (χ0n) is 14.2. The molecule has 26 heavy (non-hydrogen) atoms. The van der Waals surface area contributed by atoms with E-state index in [9.17, 15) is 18.0 Å². The SMILES string of the molecule is O=C(CSc1nc(C(F)(F)F)nc2ccccc12)NC1CCCCCC1. The van der Waals surface area contributed by atoms with E-state index in [1.807, 2.05) is 0 Å². The van der Waals surface area contributed by atoms with Gasteiger partial charge in [-0.05, 0) is 18.9 Å². The van der Waals surface area contributed by atoms with Crippen LogP contribution in [0.5, 0.6) is 0 Å². The Kier molecular flexibility index (Phi) is 6.01. The molecule has 3 rings (SSSR count). The minimum absolute atomic E-state index is 0.0365. The fourth-order valence-corrected chi connectivity index (χ4v) is 3.94. The number of fused-ring (bicyclic) bond motifs is 1. The Hall–Kier alpha value is -1.83. The third-order valence-corrected chi connectivity index (χ3v) is 5.37. The minimum atomic E-state index is -4.62. The van der Waals surface area contributed by atoms with Gasteiger partial charge in [0.25, 0.3) is 0 Å². The number of benzene rings is 1. The average molecular weight is 383 g/mol. The maximum absolute atomic E-state index is 13.0. The van der Waals surface area contributed by atoms with Gasteiger partial charge in [0.15, 0.2) is 0 Å². The Morgan fingerprint density at radius 1 is 1.12 bits per heavy atom. The number of hydrogen-bond donors (Lipinski definition) is 1. The summed E-state index contributed by atoms with van der Waals surface area (Å²) in [7, 11) is 0. The number of para-hydroxylation sites is 1. The number of rotatable bonds is 4. The molecule has 2 aromatic rings. The molecule has 0 saturated heterocycles. The first-order chi connectivity index (χ1) is 12.4. The second-order valence-corrected chi connectivity index (χ2v) is 7.38. The summed E-state index contributed by atoms with van der Waals surface area (Å²) in [5, 5.41) is 3.70. The first-order valence-electron chi connectivity index (χ1n) is 8.69. The summed E-state index contributed by atoms with van der Waals surface area (Å²) in [5.74, 6) is -1.31. The van der Waals surface area contributed by atoms with Crippen LogP contribution in [0.2, 0.25) is 0 Å². The summed E-state index contributed by atoms with van der Waals surface area (Å²) in [6.45, 7) is 0. The number of carbonyl (C=O) groups excluding carboxylic acids is 1. The van der Waals surface area contributed by atoms with Crippen LogP contribution in [0.4, 0.5) is 13.2 Å². The highest BCUT2D eigenvalue weighted by Gasteiger charge is 2.35. The molecule has 1 saturated carbocycles. The van der Waals surface area contributed by atoms with Crippen molar-refractivity contribution in [1.29, 1.82) is 0 Å². The Balaban J connectivity index is 1.72. The van der Waals surface area contributed by atoms with Gasteiger partial charge >= 0.3 is 6.18 Å². The Morgan fingerprint density at radius 2 is 1.81 bits per heavy atom. The summed E-state index contributed by atoms with van der Waals surface area (Å²) in [5.41, 5.74) is 0.224. The van der Waals surface area contributed by atoms with Gasteiger partial charge in [-0.25, -0.2) is 9.97 Å². The first-order valence-corrected chi connectivity index (χ1v) is 9.68. The molecule has 0 bridgehead atoms. The molecule has 1 amide bonds. The fraction of sp³-hybridized carbons (Fsp3) is 0.500. The van der Waals surface area contributed by atoms with Crippen molar-refractivity contribution in [3.63, 3.8) is 0 Å². The summed E-state index contributed by atoms with van der Waals surface area (Å²) < 4.78 is 39.1. The lowest BCUT2D eigenvalue weighted by Gasteiger charge is -2.16. The number of amides is 1. The van der Waals surface area contributed by atoms with Crippen molar-refractivity contribution in [3.05, 3.63) is 30.1 Å². The molecule has 0 atom stereocenters. The van der Waals surface area contributed by atoms with Crippen molar-refractivity contribution in [3.8, 4) is 0 Å². The first kappa shape index (κ1) is 18.9. The van der Waals surface area contributed by atoms with E-state index in [0.717, 1.165) is 37.4 Å². The molecule has 0 unspecified atom stereocenters. The van der Waals surface area contributed by atoms with Gasteiger partial charge in [0.2, 0.25) is 11.7 Å². The Bertz CT molecular complexity index is 774. The maximum Gasteiger partial charge on any atom is 0.451 e. The van der Waals surface area contributed by atoms with Crippen LogP contribution in [0.25, 0.3) is 10.9 Å². The van der Waals surface area contributed by atoms with Gasteiger partial charge in [0, 0.05) is 11.4 Å². The van der Waals surface area contributed by atoms with Gasteiger partial charge < -0.3 is 5.32 Å². The normalized spacial score (nSPS) is 16.4. The molecule has 4 nitrogen and oxygen atoms in total. The van der Waals surface area contributed by atoms with Gasteiger partial charge in [-0.1, -0.05) is 55.6 Å². The second-order valence-electron chi connectivity index (χ2n) is 6.41. The van der Waals surface area contributed by atoms with Gasteiger partial charge in [-0.2, -0.15) is 13.2 Å². The van der Waals surface area contributed by atoms with Gasteiger partial charge in [-0.3, -0.25) is 4.79 Å². The highest BCUT2D eigenvalue weighted by molar-refractivity contribution is 8.00. The highest BCUT2D eigenvalue weighted by atomic mass is 32.2. The third-order valence-electron chi connectivity index (χ3n) is 4.38. The number of nitrogens with zero attached hydrogens (tertiary/aromatic N) is 2. The molecular formula is C18H20F3N3OS. The topological polar surface area (TPSA) is 54.9 Å². The van der Waals surface area contributed by atoms with E-state index in [0.29, 0.717) is 5.39 Å². The summed E-state index contributed by atoms with van der Waals surface area (Å²) in [6.07, 6.45) is 1.88. The molecule has 1 aromatic carbocycles. The molecular weight excluding hydrogens is 363 g/mol. The number of carbonyl (C=O) groups is 1. The van der Waals surface area contributed by atoms with Gasteiger partial charge in [0.05, 0.1) is 11.3 Å². The number of hydrogen-bond acceptors (Lipinski definition) is 4. The zero-order valence-corrected chi connectivity index (χ0v) is 15.0. The third kappa shape index (κ3) is 4.87. The van der Waals surface area contributed by atoms with E-state index >= 15 is 0 Å². The fourth-order valence-electron chi connectivity index (χ4n) is 3.11. The number of aromatic nitrogens is 2. The van der Waals surface area contributed by atoms with Crippen LogP contribution in [-0.4, -0.2) is 27.7 Å². The average Bonchev–Trinajstić information content (AvgIpc) is 2.87. The smallest absolute Gasteiger partial charge is 0.353 e. The van der Waals surface area contributed by atoms with E-state index in [-0.39, 0.29) is 28.2 Å². The Labute approximate surface area is 154 Å². The largest absolute Gasteiger partial charge is 0.451 e. The summed E-state index contributed by atoms with van der Waals surface area (Å²) in [4.78, 5) is 19.5. The Morgan fingerprint density at radius 3 is 2.50 bits per heavy atom. The minimum Gasteiger partial charge on any atom is -0.353 e. The standard InChI is InChI=1S/C18H20F3N3OS/c19-18(20,21)17-23-14-10-6-5-9-13(14)16(24-17)26-11-15(25)22-12-7-3-1-2-4-8-12/h5-6,9-10,12H,1-4,7-8,11H2,(H,22,25). The van der Waals surface area contributed by atoms with Crippen LogP contribution in [0.3, 0.4) is 0 Å². The molecule has 1 N–H and O–H groups in total. The van der Waals surface area contributed by atoms with Gasteiger partial charge in [0.1, 0.15) is 5.03 Å². The lowest BCUT2D eigenvalue weighted by atomic mass is 10.1. The van der Waals surface area contributed by atoms with Crippen LogP contribution in [0.15, 0.2) is 29.3 Å². The van der Waals surface area contributed by atoms with Crippen LogP contribution >= 0.6 is 11.8 Å². The van der Waals surface area contributed by atoms with E-state index < -0.39 is 12.0 Å². The van der Waals surface area contributed by atoms with Gasteiger partial charge in [-0.15, -0.1) is 0 Å². The van der Waals surface area contributed by atoms with Crippen molar-refractivity contribution >= 4 is 28.6 Å². The van der Waals surface area contributed by atoms with Crippen LogP contribution in [-0.2, 0) is 11.0 Å². The zero-order chi connectivity index (χ0) is 18.6. The molecule has 1 aliphatic carbocycles. The molecule has 8 heteroatoms. The second kappa shape index (κ2) is 8.24. The number of halogens is 3. The van der Waals surface area contributed by atoms with Crippen molar-refractivity contribution < 1.29 is 18.0 Å². The molecule has 0 radical (unpaired) electrons. The number of nitrogens with one attached hydrogen (secondary N) is 1. The summed E-state index contributed by atoms with van der Waals surface area (Å²) >= 11 is 1.02. The van der Waals surface area contributed by atoms with Crippen LogP contribution in [0.1, 0.15) is 44.3 Å². The van der Waals surface area contributed by atoms with Crippen molar-refractivity contribution in [1.82, 2.24) is 15.3 Å². The van der Waals surface area contributed by atoms with Crippen molar-refractivity contribution in [2.75, 3.05) is 5.75 Å². The highest BCUT2D eigenvalue weighted by Crippen LogP contribution is 2.32. The van der Waals surface area contributed by atoms with E-state index in [1.165, 1.54) is 18.9 Å². The molecule has 1 fully saturated rings. The number of alkyl halides is 3. The summed E-state index contributed by atoms with van der Waals surface area (Å²) in [6, 6.07) is 6.69. The monoisotopic (exact) mass is 383 g/mol. The van der Waals surface area contributed by atoms with E-state index in [4.69, 9.17) is 0 Å². The van der Waals surface area contributed by atoms with Crippen LogP contribution < -0.4 is 5.32 Å². The predicted molar refractivity (Wildman–Crippen MR) is 94.9 cm³/mol. The van der Waals surface area contributed by atoms with Crippen molar-refractivity contribution in [2.45, 2.75) is 55.8 Å². The maximum atomic E-state index is 13.0. The van der Waals surface area contributed by atoms with E-state index in [1.54, 1.807) is 18.2 Å². The van der Waals surface area contributed by atoms with Crippen LogP contribution in [0, 0.1) is 0 Å².